The first-order valence-electron chi connectivity index (χ1n) is 9.00. The minimum Gasteiger partial charge on any atom is -0.296 e. The van der Waals surface area contributed by atoms with Crippen LogP contribution in [0.2, 0.25) is 0 Å². The lowest BCUT2D eigenvalue weighted by molar-refractivity contribution is -0.145. The van der Waals surface area contributed by atoms with E-state index in [1.165, 1.54) is 0 Å². The predicted molar refractivity (Wildman–Crippen MR) is 92.9 cm³/mol. The van der Waals surface area contributed by atoms with Crippen molar-refractivity contribution in [3.63, 3.8) is 0 Å². The molecule has 4 rings (SSSR count). The van der Waals surface area contributed by atoms with Gasteiger partial charge in [0.1, 0.15) is 5.82 Å². The lowest BCUT2D eigenvalue weighted by Gasteiger charge is -2.29. The summed E-state index contributed by atoms with van der Waals surface area (Å²) in [5.74, 6) is 2.13. The van der Waals surface area contributed by atoms with Crippen LogP contribution in [-0.4, -0.2) is 59.6 Å². The number of alkyl halides is 3. The summed E-state index contributed by atoms with van der Waals surface area (Å²) in [7, 11) is 0. The maximum atomic E-state index is 12.4. The first kappa shape index (κ1) is 18.5. The Kier molecular flexibility index (Phi) is 5.07. The van der Waals surface area contributed by atoms with Crippen LogP contribution >= 0.6 is 0 Å². The third-order valence-corrected chi connectivity index (χ3v) is 4.69. The zero-order chi connectivity index (χ0) is 19.6. The Balaban J connectivity index is 1.31. The normalized spacial score (nSPS) is 16.5. The number of nitrogens with one attached hydrogen (secondary N) is 1. The van der Waals surface area contributed by atoms with Crippen LogP contribution in [0.15, 0.2) is 30.3 Å². The summed E-state index contributed by atoms with van der Waals surface area (Å²) in [6.45, 7) is 0.716. The molecule has 1 N–H and O–H groups in total. The zero-order valence-corrected chi connectivity index (χ0v) is 15.0. The van der Waals surface area contributed by atoms with Gasteiger partial charge in [-0.1, -0.05) is 30.3 Å². The number of hydrogen-bond donors (Lipinski definition) is 1. The van der Waals surface area contributed by atoms with Gasteiger partial charge in [-0.25, -0.2) is 4.98 Å². The van der Waals surface area contributed by atoms with E-state index in [4.69, 9.17) is 0 Å². The van der Waals surface area contributed by atoms with E-state index < -0.39 is 12.7 Å². The zero-order valence-electron chi connectivity index (χ0n) is 15.0. The van der Waals surface area contributed by atoms with Crippen molar-refractivity contribution < 1.29 is 13.2 Å². The second-order valence-electron chi connectivity index (χ2n) is 6.81. The molecule has 28 heavy (non-hydrogen) atoms. The Morgan fingerprint density at radius 3 is 2.57 bits per heavy atom. The molecule has 2 aromatic heterocycles. The standard InChI is InChI=1S/C17H19F3N8/c18-17(19,20)11-28-25-14(22-26-28)10-27-8-6-13(7-9-27)16-21-15(23-24-16)12-4-2-1-3-5-12/h1-5,13H,6-11H2,(H,21,23,24). The Hall–Kier alpha value is -2.82. The molecule has 3 aromatic rings. The van der Waals surface area contributed by atoms with Crippen LogP contribution in [0.5, 0.6) is 0 Å². The second-order valence-corrected chi connectivity index (χ2v) is 6.81. The molecule has 1 saturated heterocycles. The summed E-state index contributed by atoms with van der Waals surface area (Å²) in [6.07, 6.45) is -2.60. The molecule has 0 spiro atoms. The highest BCUT2D eigenvalue weighted by atomic mass is 19.4. The average molecular weight is 392 g/mol. The number of hydrogen-bond acceptors (Lipinski definition) is 6. The van der Waals surface area contributed by atoms with Crippen molar-refractivity contribution in [2.45, 2.75) is 38.0 Å². The molecule has 0 radical (unpaired) electrons. The van der Waals surface area contributed by atoms with Crippen LogP contribution in [-0.2, 0) is 13.1 Å². The second kappa shape index (κ2) is 7.66. The van der Waals surface area contributed by atoms with Crippen molar-refractivity contribution in [2.75, 3.05) is 13.1 Å². The molecule has 1 aliphatic heterocycles. The van der Waals surface area contributed by atoms with Gasteiger partial charge in [0.25, 0.3) is 0 Å². The molecule has 3 heterocycles. The summed E-state index contributed by atoms with van der Waals surface area (Å²) in [6, 6.07) is 9.78. The van der Waals surface area contributed by atoms with Crippen molar-refractivity contribution in [1.29, 1.82) is 0 Å². The fourth-order valence-corrected chi connectivity index (χ4v) is 3.30. The molecule has 1 fully saturated rings. The summed E-state index contributed by atoms with van der Waals surface area (Å²) in [5, 5.41) is 18.3. The number of aromatic amines is 1. The quantitative estimate of drug-likeness (QED) is 0.717. The summed E-state index contributed by atoms with van der Waals surface area (Å²) < 4.78 is 37.1. The van der Waals surface area contributed by atoms with E-state index in [0.717, 1.165) is 37.3 Å². The highest BCUT2D eigenvalue weighted by Crippen LogP contribution is 2.27. The van der Waals surface area contributed by atoms with Crippen molar-refractivity contribution >= 4 is 0 Å². The number of aromatic nitrogens is 7. The van der Waals surface area contributed by atoms with Crippen molar-refractivity contribution in [2.24, 2.45) is 0 Å². The number of piperidine rings is 1. The van der Waals surface area contributed by atoms with Crippen molar-refractivity contribution in [3.8, 4) is 11.4 Å². The van der Waals surface area contributed by atoms with Gasteiger partial charge < -0.3 is 0 Å². The number of tetrazole rings is 1. The smallest absolute Gasteiger partial charge is 0.296 e. The molecule has 0 atom stereocenters. The van der Waals surface area contributed by atoms with Gasteiger partial charge in [0, 0.05) is 11.5 Å². The number of H-pyrrole nitrogens is 1. The average Bonchev–Trinajstić information content (AvgIpc) is 3.32. The van der Waals surface area contributed by atoms with E-state index in [9.17, 15) is 13.2 Å². The molecule has 0 amide bonds. The molecule has 8 nitrogen and oxygen atoms in total. The number of rotatable bonds is 5. The Morgan fingerprint density at radius 1 is 1.11 bits per heavy atom. The van der Waals surface area contributed by atoms with Crippen LogP contribution in [0.4, 0.5) is 13.2 Å². The highest BCUT2D eigenvalue weighted by molar-refractivity contribution is 5.53. The number of nitrogens with zero attached hydrogens (tertiary/aromatic N) is 7. The van der Waals surface area contributed by atoms with E-state index in [1.54, 1.807) is 0 Å². The minimum absolute atomic E-state index is 0.273. The van der Waals surface area contributed by atoms with E-state index in [2.05, 4.69) is 35.5 Å². The fourth-order valence-electron chi connectivity index (χ4n) is 3.30. The van der Waals surface area contributed by atoms with Gasteiger partial charge >= 0.3 is 6.18 Å². The van der Waals surface area contributed by atoms with E-state index in [-0.39, 0.29) is 5.92 Å². The lowest BCUT2D eigenvalue weighted by atomic mass is 9.96. The molecule has 0 unspecified atom stereocenters. The third kappa shape index (κ3) is 4.53. The summed E-state index contributed by atoms with van der Waals surface area (Å²) >= 11 is 0. The maximum Gasteiger partial charge on any atom is 0.409 e. The largest absolute Gasteiger partial charge is 0.409 e. The topological polar surface area (TPSA) is 88.4 Å². The molecule has 1 aliphatic rings. The number of halogens is 3. The molecule has 0 bridgehead atoms. The molecule has 0 saturated carbocycles. The molecule has 148 valence electrons. The van der Waals surface area contributed by atoms with Gasteiger partial charge in [-0.05, 0) is 31.1 Å². The first-order chi connectivity index (χ1) is 13.5. The summed E-state index contributed by atoms with van der Waals surface area (Å²) in [5.41, 5.74) is 0.968. The predicted octanol–water partition coefficient (Wildman–Crippen LogP) is 2.40. The third-order valence-electron chi connectivity index (χ3n) is 4.69. The van der Waals surface area contributed by atoms with Gasteiger partial charge in [0.2, 0.25) is 0 Å². The molecule has 1 aromatic carbocycles. The van der Waals surface area contributed by atoms with Crippen LogP contribution in [0.1, 0.15) is 30.4 Å². The van der Waals surface area contributed by atoms with Gasteiger partial charge in [-0.2, -0.15) is 23.1 Å². The van der Waals surface area contributed by atoms with E-state index in [1.807, 2.05) is 30.3 Å². The summed E-state index contributed by atoms with van der Waals surface area (Å²) in [4.78, 5) is 7.32. The fraction of sp³-hybridized carbons (Fsp3) is 0.471. The van der Waals surface area contributed by atoms with Gasteiger partial charge in [-0.15, -0.1) is 10.2 Å². The van der Waals surface area contributed by atoms with Gasteiger partial charge in [-0.3, -0.25) is 10.00 Å². The first-order valence-corrected chi connectivity index (χ1v) is 9.00. The number of benzene rings is 1. The van der Waals surface area contributed by atoms with E-state index in [0.29, 0.717) is 23.0 Å². The van der Waals surface area contributed by atoms with Crippen molar-refractivity contribution in [1.82, 2.24) is 40.3 Å². The maximum absolute atomic E-state index is 12.4. The monoisotopic (exact) mass is 392 g/mol. The molecule has 11 heteroatoms. The van der Waals surface area contributed by atoms with E-state index >= 15 is 0 Å². The number of likely N-dealkylation sites (tertiary alicyclic amines) is 1. The molecule has 0 aliphatic carbocycles. The van der Waals surface area contributed by atoms with Crippen LogP contribution < -0.4 is 0 Å². The molecular formula is C17H19F3N8. The van der Waals surface area contributed by atoms with Crippen molar-refractivity contribution in [3.05, 3.63) is 42.0 Å². The molecular weight excluding hydrogens is 373 g/mol. The Bertz CT molecular complexity index is 897. The van der Waals surface area contributed by atoms with Gasteiger partial charge in [0.05, 0.1) is 6.54 Å². The van der Waals surface area contributed by atoms with Gasteiger partial charge in [0.15, 0.2) is 18.2 Å². The highest BCUT2D eigenvalue weighted by Gasteiger charge is 2.30. The van der Waals surface area contributed by atoms with Crippen LogP contribution in [0, 0.1) is 0 Å². The minimum atomic E-state index is -4.36. The van der Waals surface area contributed by atoms with Crippen LogP contribution in [0.3, 0.4) is 0 Å². The SMILES string of the molecule is FC(F)(F)Cn1nnc(CN2CCC(c3nc(-c4ccccc4)n[nH]3)CC2)n1. The van der Waals surface area contributed by atoms with Crippen LogP contribution in [0.25, 0.3) is 11.4 Å². The Morgan fingerprint density at radius 2 is 1.86 bits per heavy atom. The lowest BCUT2D eigenvalue weighted by Crippen LogP contribution is -2.33. The Labute approximate surface area is 158 Å².